The van der Waals surface area contributed by atoms with Gasteiger partial charge in [0.25, 0.3) is 0 Å². The van der Waals surface area contributed by atoms with Gasteiger partial charge in [-0.05, 0) is 62.9 Å². The van der Waals surface area contributed by atoms with Gasteiger partial charge in [-0.15, -0.1) is 0 Å². The molecule has 12 heteroatoms. The zero-order valence-corrected chi connectivity index (χ0v) is 23.4. The number of carbonyl (C=O) groups is 5. The molecule has 1 aromatic carbocycles. The number of benzene rings is 1. The molecule has 0 aliphatic heterocycles. The summed E-state index contributed by atoms with van der Waals surface area (Å²) in [6, 6.07) is 4.35. The van der Waals surface area contributed by atoms with E-state index < -0.39 is 35.9 Å². The minimum atomic E-state index is -0.924. The smallest absolute Gasteiger partial charge is 0.312 e. The van der Waals surface area contributed by atoms with E-state index in [1.165, 1.54) is 6.92 Å². The van der Waals surface area contributed by atoms with E-state index in [0.717, 1.165) is 31.4 Å². The lowest BCUT2D eigenvalue weighted by Gasteiger charge is -2.25. The largest absolute Gasteiger partial charge is 0.461 e. The number of ether oxygens (including phenoxy) is 1. The van der Waals surface area contributed by atoms with Crippen molar-refractivity contribution in [1.82, 2.24) is 21.3 Å². The van der Waals surface area contributed by atoms with E-state index in [1.54, 1.807) is 24.3 Å². The number of primary amides is 1. The molecule has 1 aromatic rings. The van der Waals surface area contributed by atoms with Gasteiger partial charge in [-0.1, -0.05) is 32.4 Å². The minimum Gasteiger partial charge on any atom is -0.461 e. The van der Waals surface area contributed by atoms with Gasteiger partial charge < -0.3 is 37.1 Å². The van der Waals surface area contributed by atoms with Crippen molar-refractivity contribution in [3.8, 4) is 0 Å². The Balaban J connectivity index is 2.83. The van der Waals surface area contributed by atoms with Gasteiger partial charge in [0.2, 0.25) is 17.7 Å². The average Bonchev–Trinajstić information content (AvgIpc) is 2.87. The molecule has 0 fully saturated rings. The third-order valence-electron chi connectivity index (χ3n) is 5.86. The molecule has 0 bridgehead atoms. The van der Waals surface area contributed by atoms with Crippen LogP contribution in [0.1, 0.15) is 64.9 Å². The summed E-state index contributed by atoms with van der Waals surface area (Å²) in [6.07, 6.45) is 3.52. The topological polar surface area (TPSA) is 181 Å². The van der Waals surface area contributed by atoms with E-state index in [1.807, 2.05) is 20.9 Å². The van der Waals surface area contributed by atoms with Crippen LogP contribution in [0.25, 0.3) is 0 Å². The number of rotatable bonds is 18. The quantitative estimate of drug-likeness (QED) is 0.119. The Bertz CT molecular complexity index is 937. The maximum Gasteiger partial charge on any atom is 0.312 e. The lowest BCUT2D eigenvalue weighted by molar-refractivity contribution is -0.142. The lowest BCUT2D eigenvalue weighted by Crippen LogP contribution is -2.54. The van der Waals surface area contributed by atoms with Crippen LogP contribution in [0.3, 0.4) is 0 Å². The van der Waals surface area contributed by atoms with E-state index in [9.17, 15) is 24.0 Å². The lowest BCUT2D eigenvalue weighted by atomic mass is 10.0. The molecule has 0 aromatic heterocycles. The molecule has 0 saturated carbocycles. The van der Waals surface area contributed by atoms with Crippen LogP contribution in [0, 0.1) is 5.92 Å². The third-order valence-corrected chi connectivity index (χ3v) is 5.86. The summed E-state index contributed by atoms with van der Waals surface area (Å²) in [5.74, 6) is -1.73. The number of unbranched alkanes of at least 4 members (excludes halogenated alkanes) is 2. The van der Waals surface area contributed by atoms with Gasteiger partial charge in [-0.3, -0.25) is 19.2 Å². The fourth-order valence-electron chi connectivity index (χ4n) is 3.69. The van der Waals surface area contributed by atoms with E-state index in [0.29, 0.717) is 18.5 Å². The highest BCUT2D eigenvalue weighted by atomic mass is 16.5. The highest BCUT2D eigenvalue weighted by molar-refractivity contribution is 5.98. The Labute approximate surface area is 230 Å². The van der Waals surface area contributed by atoms with E-state index in [4.69, 9.17) is 10.5 Å². The molecule has 0 unspecified atom stereocenters. The number of hydrogen-bond acceptors (Lipinski definition) is 7. The SMILES string of the molecule is CNCCCCCC(=O)N[C@H](C(=O)N[C@@H](CCCNC(N)=O)C(=O)Nc1ccc(COC(C)=O)cc1)C(C)C. The zero-order chi connectivity index (χ0) is 29.2. The number of urea groups is 1. The van der Waals surface area contributed by atoms with E-state index >= 15 is 0 Å². The fourth-order valence-corrected chi connectivity index (χ4v) is 3.69. The van der Waals surface area contributed by atoms with Gasteiger partial charge in [0.05, 0.1) is 0 Å². The van der Waals surface area contributed by atoms with Gasteiger partial charge >= 0.3 is 12.0 Å². The standard InChI is InChI=1S/C27H44N6O6/c1-18(2)24(33-23(35)10-6-5-7-15-29-4)26(37)32-22(9-8-16-30-27(28)38)25(36)31-21-13-11-20(12-14-21)17-39-19(3)34/h11-14,18,22,24,29H,5-10,15-17H2,1-4H3,(H,31,36)(H,32,37)(H,33,35)(H3,28,30,38)/t22-,24-/m0/s1. The van der Waals surface area contributed by atoms with Crippen LogP contribution in [-0.2, 0) is 30.5 Å². The molecule has 2 atom stereocenters. The second-order valence-corrected chi connectivity index (χ2v) is 9.66. The van der Waals surface area contributed by atoms with Crippen LogP contribution >= 0.6 is 0 Å². The molecule has 218 valence electrons. The highest BCUT2D eigenvalue weighted by Crippen LogP contribution is 2.13. The Hall–Kier alpha value is -3.67. The molecule has 0 heterocycles. The number of anilines is 1. The first-order valence-electron chi connectivity index (χ1n) is 13.3. The summed E-state index contributed by atoms with van der Waals surface area (Å²) >= 11 is 0. The first kappa shape index (κ1) is 33.4. The maximum atomic E-state index is 13.2. The third kappa shape index (κ3) is 14.7. The van der Waals surface area contributed by atoms with Gasteiger partial charge in [0.15, 0.2) is 0 Å². The van der Waals surface area contributed by atoms with Crippen molar-refractivity contribution in [3.63, 3.8) is 0 Å². The predicted molar refractivity (Wildman–Crippen MR) is 148 cm³/mol. The summed E-state index contributed by atoms with van der Waals surface area (Å²) in [5.41, 5.74) is 6.36. The minimum absolute atomic E-state index is 0.118. The van der Waals surface area contributed by atoms with Gasteiger partial charge in [-0.25, -0.2) is 4.79 Å². The zero-order valence-electron chi connectivity index (χ0n) is 23.4. The summed E-state index contributed by atoms with van der Waals surface area (Å²) in [6.45, 7) is 6.20. The van der Waals surface area contributed by atoms with Crippen LogP contribution in [0.15, 0.2) is 24.3 Å². The number of amides is 5. The Kier molecular flexibility index (Phi) is 15.9. The van der Waals surface area contributed by atoms with Crippen molar-refractivity contribution in [1.29, 1.82) is 0 Å². The molecule has 0 aliphatic carbocycles. The molecular weight excluding hydrogens is 504 g/mol. The van der Waals surface area contributed by atoms with Crippen molar-refractivity contribution >= 4 is 35.4 Å². The van der Waals surface area contributed by atoms with Crippen LogP contribution in [0.4, 0.5) is 10.5 Å². The second-order valence-electron chi connectivity index (χ2n) is 9.66. The molecule has 0 saturated heterocycles. The van der Waals surface area contributed by atoms with Crippen LogP contribution < -0.4 is 32.3 Å². The normalized spacial score (nSPS) is 12.2. The molecule has 0 radical (unpaired) electrons. The number of carbonyl (C=O) groups excluding carboxylic acids is 5. The van der Waals surface area contributed by atoms with Crippen LogP contribution in [0.2, 0.25) is 0 Å². The van der Waals surface area contributed by atoms with Gasteiger partial charge in [-0.2, -0.15) is 0 Å². The highest BCUT2D eigenvalue weighted by Gasteiger charge is 2.28. The molecule has 1 rings (SSSR count). The van der Waals surface area contributed by atoms with Crippen LogP contribution in [0.5, 0.6) is 0 Å². The monoisotopic (exact) mass is 548 g/mol. The fraction of sp³-hybridized carbons (Fsp3) is 0.593. The van der Waals surface area contributed by atoms with Crippen molar-refractivity contribution < 1.29 is 28.7 Å². The van der Waals surface area contributed by atoms with E-state index in [2.05, 4.69) is 26.6 Å². The molecule has 7 N–H and O–H groups in total. The maximum absolute atomic E-state index is 13.2. The summed E-state index contributed by atoms with van der Waals surface area (Å²) in [4.78, 5) is 60.8. The number of nitrogens with one attached hydrogen (secondary N) is 5. The summed E-state index contributed by atoms with van der Waals surface area (Å²) in [5, 5.41) is 13.9. The van der Waals surface area contributed by atoms with Crippen molar-refractivity contribution in [2.75, 3.05) is 25.5 Å². The molecule has 0 aliphatic rings. The first-order chi connectivity index (χ1) is 18.5. The Morgan fingerprint density at radius 3 is 2.18 bits per heavy atom. The number of nitrogens with two attached hydrogens (primary N) is 1. The predicted octanol–water partition coefficient (Wildman–Crippen LogP) is 1.54. The number of hydrogen-bond donors (Lipinski definition) is 6. The Morgan fingerprint density at radius 1 is 0.897 bits per heavy atom. The summed E-state index contributed by atoms with van der Waals surface area (Å²) < 4.78 is 4.96. The van der Waals surface area contributed by atoms with Gasteiger partial charge in [0.1, 0.15) is 18.7 Å². The molecule has 0 spiro atoms. The Morgan fingerprint density at radius 2 is 1.59 bits per heavy atom. The van der Waals surface area contributed by atoms with Crippen LogP contribution in [-0.4, -0.2) is 61.9 Å². The molecular formula is C27H44N6O6. The van der Waals surface area contributed by atoms with Crippen molar-refractivity contribution in [3.05, 3.63) is 29.8 Å². The van der Waals surface area contributed by atoms with Crippen molar-refractivity contribution in [2.45, 2.75) is 78.0 Å². The molecule has 5 amide bonds. The molecule has 39 heavy (non-hydrogen) atoms. The first-order valence-corrected chi connectivity index (χ1v) is 13.3. The van der Waals surface area contributed by atoms with Gasteiger partial charge in [0, 0.05) is 25.6 Å². The second kappa shape index (κ2) is 18.6. The number of esters is 1. The van der Waals surface area contributed by atoms with Crippen molar-refractivity contribution in [2.24, 2.45) is 11.7 Å². The average molecular weight is 549 g/mol. The molecule has 12 nitrogen and oxygen atoms in total. The van der Waals surface area contributed by atoms with E-state index in [-0.39, 0.29) is 31.4 Å². The summed E-state index contributed by atoms with van der Waals surface area (Å²) in [7, 11) is 1.88.